The molecule has 0 aliphatic rings. The van der Waals surface area contributed by atoms with Crippen LogP contribution in [0.25, 0.3) is 0 Å². The second-order valence-corrected chi connectivity index (χ2v) is 4.68. The van der Waals surface area contributed by atoms with Crippen molar-refractivity contribution in [1.82, 2.24) is 9.55 Å². The maximum atomic E-state index is 13.7. The SMILES string of the molecule is CCOCCCn1ccnc1Nc1ccc(Cl)cc1F. The van der Waals surface area contributed by atoms with E-state index in [1.54, 1.807) is 18.3 Å². The first kappa shape index (κ1) is 14.8. The summed E-state index contributed by atoms with van der Waals surface area (Å²) in [7, 11) is 0. The maximum absolute atomic E-state index is 13.7. The van der Waals surface area contributed by atoms with Gasteiger partial charge in [0.2, 0.25) is 5.95 Å². The highest BCUT2D eigenvalue weighted by molar-refractivity contribution is 6.30. The van der Waals surface area contributed by atoms with E-state index in [0.717, 1.165) is 13.0 Å². The summed E-state index contributed by atoms with van der Waals surface area (Å²) in [6.45, 7) is 4.14. The summed E-state index contributed by atoms with van der Waals surface area (Å²) in [6.07, 6.45) is 4.40. The van der Waals surface area contributed by atoms with Crippen molar-refractivity contribution in [2.45, 2.75) is 19.9 Å². The molecule has 0 bridgehead atoms. The number of aryl methyl sites for hydroxylation is 1. The van der Waals surface area contributed by atoms with Crippen LogP contribution in [0.3, 0.4) is 0 Å². The van der Waals surface area contributed by atoms with Crippen molar-refractivity contribution in [3.63, 3.8) is 0 Å². The van der Waals surface area contributed by atoms with Crippen LogP contribution in [-0.4, -0.2) is 22.8 Å². The molecule has 1 heterocycles. The predicted molar refractivity (Wildman–Crippen MR) is 78.0 cm³/mol. The van der Waals surface area contributed by atoms with Gasteiger partial charge < -0.3 is 14.6 Å². The van der Waals surface area contributed by atoms with Gasteiger partial charge in [-0.3, -0.25) is 0 Å². The number of halogens is 2. The van der Waals surface area contributed by atoms with Gasteiger partial charge in [-0.15, -0.1) is 0 Å². The molecule has 2 rings (SSSR count). The first-order chi connectivity index (χ1) is 9.70. The molecule has 0 aliphatic heterocycles. The molecule has 108 valence electrons. The highest BCUT2D eigenvalue weighted by atomic mass is 35.5. The molecule has 0 radical (unpaired) electrons. The topological polar surface area (TPSA) is 39.1 Å². The zero-order valence-electron chi connectivity index (χ0n) is 11.3. The third-order valence-electron chi connectivity index (χ3n) is 2.78. The molecule has 4 nitrogen and oxygen atoms in total. The standard InChI is InChI=1S/C14H17ClFN3O/c1-2-20-9-3-7-19-8-6-17-14(19)18-13-5-4-11(15)10-12(13)16/h4-6,8,10H,2-3,7,9H2,1H3,(H,17,18). The Hall–Kier alpha value is -1.59. The number of aromatic nitrogens is 2. The van der Waals surface area contributed by atoms with Gasteiger partial charge in [-0.25, -0.2) is 9.37 Å². The molecule has 2 aromatic rings. The van der Waals surface area contributed by atoms with Crippen LogP contribution in [0.4, 0.5) is 16.0 Å². The highest BCUT2D eigenvalue weighted by Gasteiger charge is 2.07. The fraction of sp³-hybridized carbons (Fsp3) is 0.357. The number of nitrogens with zero attached hydrogens (tertiary/aromatic N) is 2. The molecule has 0 aliphatic carbocycles. The molecule has 0 saturated carbocycles. The van der Waals surface area contributed by atoms with Crippen molar-refractivity contribution in [2.75, 3.05) is 18.5 Å². The average Bonchev–Trinajstić information content (AvgIpc) is 2.85. The van der Waals surface area contributed by atoms with Crippen LogP contribution in [0.1, 0.15) is 13.3 Å². The van der Waals surface area contributed by atoms with E-state index < -0.39 is 5.82 Å². The first-order valence-corrected chi connectivity index (χ1v) is 6.89. The Morgan fingerprint density at radius 3 is 3.05 bits per heavy atom. The van der Waals surface area contributed by atoms with Gasteiger partial charge in [0, 0.05) is 37.2 Å². The summed E-state index contributed by atoms with van der Waals surface area (Å²) in [5.41, 5.74) is 0.353. The second kappa shape index (κ2) is 7.26. The van der Waals surface area contributed by atoms with Crippen LogP contribution in [0.5, 0.6) is 0 Å². The molecule has 1 N–H and O–H groups in total. The highest BCUT2D eigenvalue weighted by Crippen LogP contribution is 2.22. The van der Waals surface area contributed by atoms with Crippen molar-refractivity contribution in [2.24, 2.45) is 0 Å². The smallest absolute Gasteiger partial charge is 0.207 e. The van der Waals surface area contributed by atoms with E-state index in [1.807, 2.05) is 17.7 Å². The minimum absolute atomic E-state index is 0.353. The third kappa shape index (κ3) is 3.95. The third-order valence-corrected chi connectivity index (χ3v) is 3.02. The predicted octanol–water partition coefficient (Wildman–Crippen LogP) is 3.85. The number of benzene rings is 1. The second-order valence-electron chi connectivity index (χ2n) is 4.24. The molecule has 0 spiro atoms. The Labute approximate surface area is 122 Å². The summed E-state index contributed by atoms with van der Waals surface area (Å²) < 4.78 is 20.9. The summed E-state index contributed by atoms with van der Waals surface area (Å²) in [5, 5.41) is 3.33. The normalized spacial score (nSPS) is 10.8. The van der Waals surface area contributed by atoms with Gasteiger partial charge in [0.25, 0.3) is 0 Å². The zero-order chi connectivity index (χ0) is 14.4. The first-order valence-electron chi connectivity index (χ1n) is 6.51. The Morgan fingerprint density at radius 1 is 1.45 bits per heavy atom. The van der Waals surface area contributed by atoms with E-state index in [4.69, 9.17) is 16.3 Å². The Bertz CT molecular complexity index is 559. The number of rotatable bonds is 7. The largest absolute Gasteiger partial charge is 0.382 e. The Kier molecular flexibility index (Phi) is 5.38. The number of hydrogen-bond acceptors (Lipinski definition) is 3. The van der Waals surface area contributed by atoms with E-state index in [-0.39, 0.29) is 0 Å². The van der Waals surface area contributed by atoms with Crippen LogP contribution < -0.4 is 5.32 Å². The van der Waals surface area contributed by atoms with Crippen LogP contribution >= 0.6 is 11.6 Å². The number of imidazole rings is 1. The van der Waals surface area contributed by atoms with Crippen molar-refractivity contribution in [3.8, 4) is 0 Å². The monoisotopic (exact) mass is 297 g/mol. The quantitative estimate of drug-likeness (QED) is 0.789. The van der Waals surface area contributed by atoms with E-state index in [1.165, 1.54) is 6.07 Å². The van der Waals surface area contributed by atoms with Crippen molar-refractivity contribution in [3.05, 3.63) is 41.4 Å². The molecule has 1 aromatic heterocycles. The van der Waals surface area contributed by atoms with Crippen LogP contribution in [0.15, 0.2) is 30.6 Å². The molecule has 0 atom stereocenters. The Morgan fingerprint density at radius 2 is 2.30 bits per heavy atom. The molecule has 0 saturated heterocycles. The lowest BCUT2D eigenvalue weighted by atomic mass is 10.3. The summed E-state index contributed by atoms with van der Waals surface area (Å²) in [4.78, 5) is 4.19. The van der Waals surface area contributed by atoms with E-state index in [0.29, 0.717) is 29.9 Å². The van der Waals surface area contributed by atoms with Gasteiger partial charge >= 0.3 is 0 Å². The molecular weight excluding hydrogens is 281 g/mol. The minimum Gasteiger partial charge on any atom is -0.382 e. The van der Waals surface area contributed by atoms with Gasteiger partial charge in [0.05, 0.1) is 5.69 Å². The minimum atomic E-state index is -0.402. The van der Waals surface area contributed by atoms with Crippen LogP contribution in [0.2, 0.25) is 5.02 Å². The molecule has 0 amide bonds. The molecule has 0 unspecified atom stereocenters. The Balaban J connectivity index is 2.01. The number of nitrogens with one attached hydrogen (secondary N) is 1. The number of hydrogen-bond donors (Lipinski definition) is 1. The lowest BCUT2D eigenvalue weighted by Gasteiger charge is -2.10. The van der Waals surface area contributed by atoms with Crippen molar-refractivity contribution in [1.29, 1.82) is 0 Å². The van der Waals surface area contributed by atoms with E-state index >= 15 is 0 Å². The van der Waals surface area contributed by atoms with Crippen molar-refractivity contribution < 1.29 is 9.13 Å². The zero-order valence-corrected chi connectivity index (χ0v) is 12.0. The van der Waals surface area contributed by atoms with Gasteiger partial charge in [0.1, 0.15) is 5.82 Å². The van der Waals surface area contributed by atoms with Gasteiger partial charge in [-0.05, 0) is 31.5 Å². The lowest BCUT2D eigenvalue weighted by Crippen LogP contribution is -2.06. The fourth-order valence-electron chi connectivity index (χ4n) is 1.81. The van der Waals surface area contributed by atoms with Crippen LogP contribution in [0, 0.1) is 5.82 Å². The van der Waals surface area contributed by atoms with E-state index in [2.05, 4.69) is 10.3 Å². The van der Waals surface area contributed by atoms with Crippen molar-refractivity contribution >= 4 is 23.2 Å². The summed E-state index contributed by atoms with van der Waals surface area (Å²) >= 11 is 5.73. The summed E-state index contributed by atoms with van der Waals surface area (Å²) in [6, 6.07) is 4.50. The average molecular weight is 298 g/mol. The molecular formula is C14H17ClFN3O. The lowest BCUT2D eigenvalue weighted by molar-refractivity contribution is 0.142. The fourth-order valence-corrected chi connectivity index (χ4v) is 1.97. The molecule has 1 aromatic carbocycles. The maximum Gasteiger partial charge on any atom is 0.207 e. The van der Waals surface area contributed by atoms with Crippen LogP contribution in [-0.2, 0) is 11.3 Å². The molecule has 20 heavy (non-hydrogen) atoms. The van der Waals surface area contributed by atoms with Gasteiger partial charge in [0.15, 0.2) is 0 Å². The number of ether oxygens (including phenoxy) is 1. The van der Waals surface area contributed by atoms with Gasteiger partial charge in [-0.2, -0.15) is 0 Å². The molecule has 0 fully saturated rings. The summed E-state index contributed by atoms with van der Waals surface area (Å²) in [5.74, 6) is 0.198. The molecule has 6 heteroatoms. The van der Waals surface area contributed by atoms with Gasteiger partial charge in [-0.1, -0.05) is 11.6 Å². The number of anilines is 2. The van der Waals surface area contributed by atoms with E-state index in [9.17, 15) is 4.39 Å².